The Morgan fingerprint density at radius 1 is 1.17 bits per heavy atom. The number of rotatable bonds is 3. The highest BCUT2D eigenvalue weighted by Crippen LogP contribution is 2.19. The molecule has 18 heavy (non-hydrogen) atoms. The average molecular weight is 244 g/mol. The van der Waals surface area contributed by atoms with Crippen LogP contribution in [0.4, 0.5) is 5.69 Å². The van der Waals surface area contributed by atoms with Crippen LogP contribution < -0.4 is 16.2 Å². The Hall–Kier alpha value is -2.01. The zero-order chi connectivity index (χ0) is 12.4. The fourth-order valence-electron chi connectivity index (χ4n) is 2.25. The minimum absolute atomic E-state index is 0.107. The molecule has 0 saturated carbocycles. The van der Waals surface area contributed by atoms with Gasteiger partial charge in [-0.3, -0.25) is 15.0 Å². The van der Waals surface area contributed by atoms with Gasteiger partial charge in [-0.25, -0.2) is 0 Å². The van der Waals surface area contributed by atoms with Gasteiger partial charge in [0.1, 0.15) is 0 Å². The van der Waals surface area contributed by atoms with Crippen molar-refractivity contribution in [1.82, 2.24) is 15.5 Å². The highest BCUT2D eigenvalue weighted by molar-refractivity contribution is 5.62. The first-order valence-corrected chi connectivity index (χ1v) is 6.17. The van der Waals surface area contributed by atoms with Crippen LogP contribution in [0.3, 0.4) is 0 Å². The lowest BCUT2D eigenvalue weighted by atomic mass is 10.1. The van der Waals surface area contributed by atoms with Gasteiger partial charge in [0, 0.05) is 24.3 Å². The molecule has 4 N–H and O–H groups in total. The molecule has 1 aliphatic heterocycles. The van der Waals surface area contributed by atoms with Gasteiger partial charge in [-0.05, 0) is 30.7 Å². The van der Waals surface area contributed by atoms with E-state index in [9.17, 15) is 4.79 Å². The van der Waals surface area contributed by atoms with E-state index in [1.165, 1.54) is 0 Å². The molecular formula is C13H16N4O. The zero-order valence-corrected chi connectivity index (χ0v) is 9.99. The minimum Gasteiger partial charge on any atom is -0.381 e. The molecular weight excluding hydrogens is 228 g/mol. The predicted molar refractivity (Wildman–Crippen MR) is 71.7 cm³/mol. The van der Waals surface area contributed by atoms with E-state index in [-0.39, 0.29) is 5.56 Å². The van der Waals surface area contributed by atoms with Crippen molar-refractivity contribution in [1.29, 1.82) is 0 Å². The molecule has 5 nitrogen and oxygen atoms in total. The molecule has 94 valence electrons. The first-order chi connectivity index (χ1) is 8.81. The molecule has 0 spiro atoms. The van der Waals surface area contributed by atoms with Gasteiger partial charge in [-0.1, -0.05) is 12.1 Å². The summed E-state index contributed by atoms with van der Waals surface area (Å²) in [5.41, 5.74) is 2.83. The molecule has 5 heteroatoms. The standard InChI is InChI=1S/C13H16N4O/c18-13-7-12(16-17-13)9-1-3-10(4-2-9)15-11-5-6-14-8-11/h1-4,7,11,14-15H,5-6,8H2,(H2,16,17,18). The summed E-state index contributed by atoms with van der Waals surface area (Å²) >= 11 is 0. The summed E-state index contributed by atoms with van der Waals surface area (Å²) in [5.74, 6) is 0. The predicted octanol–water partition coefficient (Wildman–Crippen LogP) is 1.14. The number of hydrogen-bond acceptors (Lipinski definition) is 3. The molecule has 0 aliphatic carbocycles. The summed E-state index contributed by atoms with van der Waals surface area (Å²) < 4.78 is 0. The fourth-order valence-corrected chi connectivity index (χ4v) is 2.25. The van der Waals surface area contributed by atoms with E-state index in [4.69, 9.17) is 0 Å². The van der Waals surface area contributed by atoms with Crippen LogP contribution in [-0.2, 0) is 0 Å². The molecule has 0 radical (unpaired) electrons. The summed E-state index contributed by atoms with van der Waals surface area (Å²) in [5, 5.41) is 12.2. The monoisotopic (exact) mass is 244 g/mol. The van der Waals surface area contributed by atoms with Crippen LogP contribution in [0.1, 0.15) is 6.42 Å². The van der Waals surface area contributed by atoms with Crippen molar-refractivity contribution in [3.8, 4) is 11.3 Å². The molecule has 2 heterocycles. The Labute approximate surface area is 105 Å². The zero-order valence-electron chi connectivity index (χ0n) is 9.99. The maximum absolute atomic E-state index is 11.1. The molecule has 2 aromatic rings. The summed E-state index contributed by atoms with van der Waals surface area (Å²) in [6.45, 7) is 2.10. The van der Waals surface area contributed by atoms with Crippen molar-refractivity contribution >= 4 is 5.69 Å². The van der Waals surface area contributed by atoms with Gasteiger partial charge in [-0.2, -0.15) is 0 Å². The van der Waals surface area contributed by atoms with Crippen molar-refractivity contribution in [2.24, 2.45) is 0 Å². The van der Waals surface area contributed by atoms with Gasteiger partial charge < -0.3 is 10.6 Å². The van der Waals surface area contributed by atoms with E-state index in [0.29, 0.717) is 6.04 Å². The van der Waals surface area contributed by atoms with Crippen molar-refractivity contribution in [2.45, 2.75) is 12.5 Å². The lowest BCUT2D eigenvalue weighted by Gasteiger charge is -2.12. The Bertz CT molecular complexity index is 563. The molecule has 3 rings (SSSR count). The molecule has 1 aromatic heterocycles. The van der Waals surface area contributed by atoms with Gasteiger partial charge in [0.05, 0.1) is 5.69 Å². The molecule has 1 saturated heterocycles. The minimum atomic E-state index is -0.107. The van der Waals surface area contributed by atoms with Crippen molar-refractivity contribution in [2.75, 3.05) is 18.4 Å². The number of aromatic nitrogens is 2. The lowest BCUT2D eigenvalue weighted by Crippen LogP contribution is -2.21. The van der Waals surface area contributed by atoms with E-state index < -0.39 is 0 Å². The van der Waals surface area contributed by atoms with Crippen LogP contribution in [0.5, 0.6) is 0 Å². The molecule has 1 fully saturated rings. The largest absolute Gasteiger partial charge is 0.381 e. The summed E-state index contributed by atoms with van der Waals surface area (Å²) in [7, 11) is 0. The van der Waals surface area contributed by atoms with Crippen LogP contribution >= 0.6 is 0 Å². The Kier molecular flexibility index (Phi) is 2.90. The third-order valence-corrected chi connectivity index (χ3v) is 3.22. The maximum Gasteiger partial charge on any atom is 0.264 e. The third kappa shape index (κ3) is 2.31. The smallest absolute Gasteiger partial charge is 0.264 e. The number of nitrogens with one attached hydrogen (secondary N) is 4. The lowest BCUT2D eigenvalue weighted by molar-refractivity contribution is 0.793. The van der Waals surface area contributed by atoms with Crippen LogP contribution in [0.15, 0.2) is 35.1 Å². The van der Waals surface area contributed by atoms with Crippen molar-refractivity contribution in [3.63, 3.8) is 0 Å². The number of aromatic amines is 2. The van der Waals surface area contributed by atoms with Gasteiger partial charge in [0.15, 0.2) is 0 Å². The summed E-state index contributed by atoms with van der Waals surface area (Å²) in [6, 6.07) is 10.2. The van der Waals surface area contributed by atoms with E-state index in [0.717, 1.165) is 36.5 Å². The van der Waals surface area contributed by atoms with Crippen LogP contribution in [0.25, 0.3) is 11.3 Å². The molecule has 1 atom stereocenters. The quantitative estimate of drug-likeness (QED) is 0.654. The van der Waals surface area contributed by atoms with E-state index >= 15 is 0 Å². The number of anilines is 1. The second-order valence-electron chi connectivity index (χ2n) is 4.58. The van der Waals surface area contributed by atoms with E-state index in [1.807, 2.05) is 24.3 Å². The van der Waals surface area contributed by atoms with Crippen LogP contribution in [-0.4, -0.2) is 29.3 Å². The first-order valence-electron chi connectivity index (χ1n) is 6.17. The Balaban J connectivity index is 1.74. The SMILES string of the molecule is O=c1cc(-c2ccc(NC3CCNC3)cc2)[nH][nH]1. The third-order valence-electron chi connectivity index (χ3n) is 3.22. The van der Waals surface area contributed by atoms with Crippen molar-refractivity contribution < 1.29 is 0 Å². The van der Waals surface area contributed by atoms with E-state index in [2.05, 4.69) is 20.8 Å². The molecule has 1 aliphatic rings. The van der Waals surface area contributed by atoms with Gasteiger partial charge in [0.25, 0.3) is 5.56 Å². The number of benzene rings is 1. The molecule has 1 aromatic carbocycles. The first kappa shape index (κ1) is 11.1. The van der Waals surface area contributed by atoms with Gasteiger partial charge in [0.2, 0.25) is 0 Å². The molecule has 1 unspecified atom stereocenters. The molecule has 0 amide bonds. The van der Waals surface area contributed by atoms with Crippen LogP contribution in [0, 0.1) is 0 Å². The Morgan fingerprint density at radius 3 is 2.61 bits per heavy atom. The second-order valence-corrected chi connectivity index (χ2v) is 4.58. The summed E-state index contributed by atoms with van der Waals surface area (Å²) in [6.07, 6.45) is 1.16. The highest BCUT2D eigenvalue weighted by Gasteiger charge is 2.13. The van der Waals surface area contributed by atoms with Crippen LogP contribution in [0.2, 0.25) is 0 Å². The summed E-state index contributed by atoms with van der Waals surface area (Å²) in [4.78, 5) is 11.1. The topological polar surface area (TPSA) is 72.7 Å². The maximum atomic E-state index is 11.1. The normalized spacial score (nSPS) is 19.0. The number of H-pyrrole nitrogens is 2. The number of hydrogen-bond donors (Lipinski definition) is 4. The second kappa shape index (κ2) is 4.70. The average Bonchev–Trinajstić information content (AvgIpc) is 3.02. The highest BCUT2D eigenvalue weighted by atomic mass is 16.1. The van der Waals surface area contributed by atoms with Gasteiger partial charge in [-0.15, -0.1) is 0 Å². The van der Waals surface area contributed by atoms with Gasteiger partial charge >= 0.3 is 0 Å². The Morgan fingerprint density at radius 2 is 2.00 bits per heavy atom. The fraction of sp³-hybridized carbons (Fsp3) is 0.308. The van der Waals surface area contributed by atoms with E-state index in [1.54, 1.807) is 6.07 Å². The molecule has 0 bridgehead atoms. The van der Waals surface area contributed by atoms with Crippen molar-refractivity contribution in [3.05, 3.63) is 40.7 Å².